The summed E-state index contributed by atoms with van der Waals surface area (Å²) < 4.78 is 12.0. The minimum absolute atomic E-state index is 0.765. The molecule has 0 N–H and O–H groups in total. The smallest absolute Gasteiger partial charge is 0.142 e. The van der Waals surface area contributed by atoms with Crippen LogP contribution in [0.4, 0.5) is 0 Å². The van der Waals surface area contributed by atoms with Gasteiger partial charge in [0.15, 0.2) is 0 Å². The Hall–Kier alpha value is -1.96. The predicted molar refractivity (Wildman–Crippen MR) is 88.3 cm³/mol. The van der Waals surface area contributed by atoms with Crippen LogP contribution in [-0.2, 0) is 0 Å². The summed E-state index contributed by atoms with van der Waals surface area (Å²) in [6.07, 6.45) is 2.22. The number of unbranched alkanes of at least 4 members (excludes halogenated alkanes) is 1. The van der Waals surface area contributed by atoms with Gasteiger partial charge in [0.1, 0.15) is 16.9 Å². The molecule has 0 aliphatic heterocycles. The van der Waals surface area contributed by atoms with Crippen molar-refractivity contribution in [2.24, 2.45) is 0 Å². The minimum Gasteiger partial charge on any atom is -0.493 e. The molecule has 0 amide bonds. The van der Waals surface area contributed by atoms with Crippen molar-refractivity contribution in [1.82, 2.24) is 0 Å². The van der Waals surface area contributed by atoms with E-state index in [2.05, 4.69) is 52.0 Å². The molecule has 0 radical (unpaired) electrons. The summed E-state index contributed by atoms with van der Waals surface area (Å²) >= 11 is 0. The van der Waals surface area contributed by atoms with Crippen molar-refractivity contribution in [3.8, 4) is 5.75 Å². The fourth-order valence-electron chi connectivity index (χ4n) is 2.74. The first-order valence-corrected chi connectivity index (χ1v) is 7.68. The van der Waals surface area contributed by atoms with Crippen LogP contribution in [0.3, 0.4) is 0 Å². The van der Waals surface area contributed by atoms with Crippen LogP contribution in [0, 0.1) is 20.8 Å². The zero-order valence-corrected chi connectivity index (χ0v) is 13.2. The van der Waals surface area contributed by atoms with E-state index in [1.807, 2.05) is 0 Å². The number of fused-ring (bicyclic) bond motifs is 3. The quantitative estimate of drug-likeness (QED) is 0.573. The van der Waals surface area contributed by atoms with Crippen molar-refractivity contribution in [1.29, 1.82) is 0 Å². The normalized spacial score (nSPS) is 11.4. The lowest BCUT2D eigenvalue weighted by atomic mass is 10.0. The summed E-state index contributed by atoms with van der Waals surface area (Å²) in [5.41, 5.74) is 5.53. The van der Waals surface area contributed by atoms with Crippen LogP contribution < -0.4 is 4.74 Å². The van der Waals surface area contributed by atoms with Gasteiger partial charge in [0.25, 0.3) is 0 Å². The number of rotatable bonds is 4. The molecule has 1 heterocycles. The lowest BCUT2D eigenvalue weighted by Gasteiger charge is -2.08. The summed E-state index contributed by atoms with van der Waals surface area (Å²) in [6.45, 7) is 9.25. The van der Waals surface area contributed by atoms with Crippen molar-refractivity contribution in [3.05, 3.63) is 41.0 Å². The first-order chi connectivity index (χ1) is 10.1. The van der Waals surface area contributed by atoms with E-state index in [9.17, 15) is 0 Å². The molecule has 0 spiro atoms. The molecule has 0 fully saturated rings. The number of ether oxygens (including phenoxy) is 1. The molecule has 2 nitrogen and oxygen atoms in total. The second-order valence-corrected chi connectivity index (χ2v) is 5.75. The average Bonchev–Trinajstić information content (AvgIpc) is 2.86. The van der Waals surface area contributed by atoms with Crippen LogP contribution in [0.2, 0.25) is 0 Å². The fourth-order valence-corrected chi connectivity index (χ4v) is 2.74. The molecular formula is C19H22O2. The summed E-state index contributed by atoms with van der Waals surface area (Å²) in [5.74, 6) is 0.935. The Labute approximate surface area is 125 Å². The third-order valence-corrected chi connectivity index (χ3v) is 4.28. The van der Waals surface area contributed by atoms with E-state index in [1.165, 1.54) is 21.9 Å². The first-order valence-electron chi connectivity index (χ1n) is 7.68. The van der Waals surface area contributed by atoms with E-state index >= 15 is 0 Å². The van der Waals surface area contributed by atoms with E-state index < -0.39 is 0 Å². The highest BCUT2D eigenvalue weighted by Gasteiger charge is 2.14. The summed E-state index contributed by atoms with van der Waals surface area (Å²) in [7, 11) is 0. The molecule has 21 heavy (non-hydrogen) atoms. The molecule has 2 heteroatoms. The lowest BCUT2D eigenvalue weighted by Crippen LogP contribution is -1.97. The van der Waals surface area contributed by atoms with E-state index in [1.54, 1.807) is 0 Å². The fraction of sp³-hybridized carbons (Fsp3) is 0.368. The Morgan fingerprint density at radius 3 is 2.29 bits per heavy atom. The lowest BCUT2D eigenvalue weighted by molar-refractivity contribution is 0.307. The van der Waals surface area contributed by atoms with Gasteiger partial charge in [-0.1, -0.05) is 25.5 Å². The van der Waals surface area contributed by atoms with E-state index in [4.69, 9.17) is 9.15 Å². The Morgan fingerprint density at radius 2 is 1.57 bits per heavy atom. The van der Waals surface area contributed by atoms with Gasteiger partial charge in [0.05, 0.1) is 6.61 Å². The van der Waals surface area contributed by atoms with Gasteiger partial charge in [-0.05, 0) is 50.5 Å². The monoisotopic (exact) mass is 282 g/mol. The molecule has 0 saturated heterocycles. The SMILES string of the molecule is CCCCOc1ccc2c(oc3c(C)c(C)ccc32)c1C. The van der Waals surface area contributed by atoms with Gasteiger partial charge >= 0.3 is 0 Å². The number of furan rings is 1. The van der Waals surface area contributed by atoms with Crippen LogP contribution in [0.5, 0.6) is 5.75 Å². The Balaban J connectivity index is 2.15. The third kappa shape index (κ3) is 2.29. The molecule has 0 aliphatic carbocycles. The van der Waals surface area contributed by atoms with Crippen molar-refractivity contribution in [2.45, 2.75) is 40.5 Å². The number of hydrogen-bond donors (Lipinski definition) is 0. The third-order valence-electron chi connectivity index (χ3n) is 4.28. The highest BCUT2D eigenvalue weighted by atomic mass is 16.5. The zero-order chi connectivity index (χ0) is 15.0. The van der Waals surface area contributed by atoms with Crippen molar-refractivity contribution >= 4 is 21.9 Å². The standard InChI is InChI=1S/C19H22O2/c1-5-6-11-20-17-10-9-16-15-8-7-12(2)13(3)18(15)21-19(16)14(17)4/h7-10H,5-6,11H2,1-4H3. The molecule has 0 bridgehead atoms. The average molecular weight is 282 g/mol. The largest absolute Gasteiger partial charge is 0.493 e. The van der Waals surface area contributed by atoms with Gasteiger partial charge < -0.3 is 9.15 Å². The minimum atomic E-state index is 0.765. The van der Waals surface area contributed by atoms with Crippen molar-refractivity contribution in [2.75, 3.05) is 6.61 Å². The maximum absolute atomic E-state index is 6.16. The van der Waals surface area contributed by atoms with Gasteiger partial charge in [0, 0.05) is 16.3 Å². The molecule has 0 atom stereocenters. The first kappa shape index (κ1) is 14.0. The van der Waals surface area contributed by atoms with Crippen molar-refractivity contribution in [3.63, 3.8) is 0 Å². The number of aryl methyl sites for hydroxylation is 3. The zero-order valence-electron chi connectivity index (χ0n) is 13.2. The maximum Gasteiger partial charge on any atom is 0.142 e. The van der Waals surface area contributed by atoms with E-state index in [-0.39, 0.29) is 0 Å². The molecule has 3 aromatic rings. The second-order valence-electron chi connectivity index (χ2n) is 5.75. The van der Waals surface area contributed by atoms with Gasteiger partial charge in [-0.25, -0.2) is 0 Å². The van der Waals surface area contributed by atoms with Crippen molar-refractivity contribution < 1.29 is 9.15 Å². The van der Waals surface area contributed by atoms with Crippen LogP contribution in [0.1, 0.15) is 36.5 Å². The second kappa shape index (κ2) is 5.44. The molecule has 2 aromatic carbocycles. The Morgan fingerprint density at radius 1 is 0.905 bits per heavy atom. The summed E-state index contributed by atoms with van der Waals surface area (Å²) in [5, 5.41) is 2.37. The Bertz CT molecular complexity index is 796. The number of hydrogen-bond acceptors (Lipinski definition) is 2. The van der Waals surface area contributed by atoms with Gasteiger partial charge in [0.2, 0.25) is 0 Å². The van der Waals surface area contributed by atoms with Gasteiger partial charge in [-0.3, -0.25) is 0 Å². The highest BCUT2D eigenvalue weighted by molar-refractivity contribution is 6.07. The molecule has 1 aromatic heterocycles. The summed E-state index contributed by atoms with van der Waals surface area (Å²) in [6, 6.07) is 8.50. The molecule has 0 saturated carbocycles. The van der Waals surface area contributed by atoms with Crippen LogP contribution in [-0.4, -0.2) is 6.61 Å². The van der Waals surface area contributed by atoms with E-state index in [0.29, 0.717) is 0 Å². The summed E-state index contributed by atoms with van der Waals surface area (Å²) in [4.78, 5) is 0. The van der Waals surface area contributed by atoms with Crippen LogP contribution >= 0.6 is 0 Å². The molecule has 3 rings (SSSR count). The molecule has 110 valence electrons. The molecule has 0 unspecified atom stereocenters. The van der Waals surface area contributed by atoms with Crippen LogP contribution in [0.25, 0.3) is 21.9 Å². The topological polar surface area (TPSA) is 22.4 Å². The Kier molecular flexibility index (Phi) is 3.62. The van der Waals surface area contributed by atoms with Gasteiger partial charge in [-0.2, -0.15) is 0 Å². The highest BCUT2D eigenvalue weighted by Crippen LogP contribution is 2.36. The van der Waals surface area contributed by atoms with E-state index in [0.717, 1.165) is 41.9 Å². The van der Waals surface area contributed by atoms with Crippen LogP contribution in [0.15, 0.2) is 28.7 Å². The number of benzene rings is 2. The van der Waals surface area contributed by atoms with Gasteiger partial charge in [-0.15, -0.1) is 0 Å². The molecule has 0 aliphatic rings. The predicted octanol–water partition coefficient (Wildman–Crippen LogP) is 5.69. The maximum atomic E-state index is 6.16. The molecular weight excluding hydrogens is 260 g/mol.